The van der Waals surface area contributed by atoms with E-state index in [4.69, 9.17) is 9.47 Å². The molecule has 2 rings (SSSR count). The molecule has 0 spiro atoms. The lowest BCUT2D eigenvalue weighted by Crippen LogP contribution is -2.39. The Morgan fingerprint density at radius 1 is 1.33 bits per heavy atom. The third kappa shape index (κ3) is 4.48. The molecule has 7 heteroatoms. The Balaban J connectivity index is 1.86. The fourth-order valence-electron chi connectivity index (χ4n) is 2.32. The molecule has 1 N–H and O–H groups in total. The van der Waals surface area contributed by atoms with Crippen molar-refractivity contribution < 1.29 is 14.3 Å². The second-order valence-electron chi connectivity index (χ2n) is 5.45. The van der Waals surface area contributed by atoms with Crippen LogP contribution < -0.4 is 14.8 Å². The van der Waals surface area contributed by atoms with Crippen molar-refractivity contribution in [3.05, 3.63) is 42.2 Å². The van der Waals surface area contributed by atoms with Gasteiger partial charge in [0, 0.05) is 25.9 Å². The highest BCUT2D eigenvalue weighted by Gasteiger charge is 2.23. The summed E-state index contributed by atoms with van der Waals surface area (Å²) in [5.74, 6) is 1.50. The summed E-state index contributed by atoms with van der Waals surface area (Å²) in [5, 5.41) is 7.15. The van der Waals surface area contributed by atoms with E-state index in [9.17, 15) is 4.79 Å². The van der Waals surface area contributed by atoms with Gasteiger partial charge in [0.05, 0.1) is 19.9 Å². The number of amides is 1. The summed E-state index contributed by atoms with van der Waals surface area (Å²) in [4.78, 5) is 14.2. The van der Waals surface area contributed by atoms with E-state index < -0.39 is 6.04 Å². The molecule has 1 aromatic carbocycles. The molecule has 2 aromatic rings. The van der Waals surface area contributed by atoms with Crippen LogP contribution in [0.25, 0.3) is 0 Å². The number of aryl methyl sites for hydroxylation is 1. The van der Waals surface area contributed by atoms with Crippen LogP contribution >= 0.6 is 0 Å². The van der Waals surface area contributed by atoms with E-state index in [1.165, 1.54) is 0 Å². The molecule has 0 saturated carbocycles. The van der Waals surface area contributed by atoms with Crippen LogP contribution in [-0.2, 0) is 11.8 Å². The molecule has 130 valence electrons. The number of aromatic nitrogens is 2. The number of carbonyl (C=O) groups is 1. The third-order valence-corrected chi connectivity index (χ3v) is 3.72. The number of carbonyl (C=O) groups excluding carboxylic acids is 1. The topological polar surface area (TPSA) is 68.6 Å². The van der Waals surface area contributed by atoms with E-state index in [1.807, 2.05) is 37.5 Å². The van der Waals surface area contributed by atoms with Gasteiger partial charge in [-0.25, -0.2) is 0 Å². The molecule has 1 aromatic heterocycles. The standard InChI is InChI=1S/C17H24N4O3/c1-18-16(13-11-19-21(3)12-13)17(22)20(2)9-10-24-15-7-5-14(23-4)6-8-15/h5-8,11-12,16,18H,9-10H2,1-4H3. The number of nitrogens with zero attached hydrogens (tertiary/aromatic N) is 3. The minimum atomic E-state index is -0.412. The monoisotopic (exact) mass is 332 g/mol. The summed E-state index contributed by atoms with van der Waals surface area (Å²) >= 11 is 0. The molecule has 1 unspecified atom stereocenters. The van der Waals surface area contributed by atoms with Crippen molar-refractivity contribution in [1.29, 1.82) is 0 Å². The molecule has 0 fully saturated rings. The largest absolute Gasteiger partial charge is 0.497 e. The lowest BCUT2D eigenvalue weighted by atomic mass is 10.1. The van der Waals surface area contributed by atoms with Gasteiger partial charge >= 0.3 is 0 Å². The summed E-state index contributed by atoms with van der Waals surface area (Å²) in [6, 6.07) is 6.94. The average Bonchev–Trinajstić information content (AvgIpc) is 3.02. The Hall–Kier alpha value is -2.54. The van der Waals surface area contributed by atoms with Gasteiger partial charge in [0.25, 0.3) is 0 Å². The van der Waals surface area contributed by atoms with Crippen molar-refractivity contribution >= 4 is 5.91 Å². The summed E-state index contributed by atoms with van der Waals surface area (Å²) in [5.41, 5.74) is 0.841. The number of methoxy groups -OCH3 is 1. The van der Waals surface area contributed by atoms with Crippen LogP contribution in [0.15, 0.2) is 36.7 Å². The minimum Gasteiger partial charge on any atom is -0.497 e. The third-order valence-electron chi connectivity index (χ3n) is 3.72. The summed E-state index contributed by atoms with van der Waals surface area (Å²) in [6.07, 6.45) is 3.53. The van der Waals surface area contributed by atoms with Crippen molar-refractivity contribution in [1.82, 2.24) is 20.0 Å². The van der Waals surface area contributed by atoms with E-state index in [-0.39, 0.29) is 5.91 Å². The minimum absolute atomic E-state index is 0.0242. The Kier molecular flexibility index (Phi) is 6.20. The molecule has 0 radical (unpaired) electrons. The van der Waals surface area contributed by atoms with Gasteiger partial charge in [-0.05, 0) is 31.3 Å². The fourth-order valence-corrected chi connectivity index (χ4v) is 2.32. The van der Waals surface area contributed by atoms with Crippen molar-refractivity contribution in [2.45, 2.75) is 6.04 Å². The molecule has 1 heterocycles. The Morgan fingerprint density at radius 2 is 2.00 bits per heavy atom. The number of hydrogen-bond donors (Lipinski definition) is 1. The van der Waals surface area contributed by atoms with E-state index in [0.717, 1.165) is 17.1 Å². The molecule has 1 amide bonds. The highest BCUT2D eigenvalue weighted by Crippen LogP contribution is 2.17. The highest BCUT2D eigenvalue weighted by molar-refractivity contribution is 5.82. The zero-order valence-corrected chi connectivity index (χ0v) is 14.5. The van der Waals surface area contributed by atoms with Crippen LogP contribution in [0.3, 0.4) is 0 Å². The first-order valence-electron chi connectivity index (χ1n) is 7.72. The molecule has 1 atom stereocenters. The average molecular weight is 332 g/mol. The number of ether oxygens (including phenoxy) is 2. The van der Waals surface area contributed by atoms with E-state index >= 15 is 0 Å². The fraction of sp³-hybridized carbons (Fsp3) is 0.412. The zero-order chi connectivity index (χ0) is 17.5. The second kappa shape index (κ2) is 8.35. The molecular formula is C17H24N4O3. The SMILES string of the molecule is CNC(C(=O)N(C)CCOc1ccc(OC)cc1)c1cnn(C)c1. The predicted molar refractivity (Wildman–Crippen MR) is 91.1 cm³/mol. The van der Waals surface area contributed by atoms with Crippen LogP contribution in [0.2, 0.25) is 0 Å². The molecule has 0 aliphatic carbocycles. The van der Waals surface area contributed by atoms with Crippen LogP contribution in [0, 0.1) is 0 Å². The van der Waals surface area contributed by atoms with Crippen LogP contribution in [0.1, 0.15) is 11.6 Å². The molecule has 7 nitrogen and oxygen atoms in total. The maximum absolute atomic E-state index is 12.6. The van der Waals surface area contributed by atoms with Crippen molar-refractivity contribution in [3.63, 3.8) is 0 Å². The van der Waals surface area contributed by atoms with Gasteiger partial charge in [-0.3, -0.25) is 9.48 Å². The van der Waals surface area contributed by atoms with Gasteiger partial charge in [-0.1, -0.05) is 0 Å². The van der Waals surface area contributed by atoms with Crippen LogP contribution in [0.5, 0.6) is 11.5 Å². The molecule has 0 saturated heterocycles. The molecule has 24 heavy (non-hydrogen) atoms. The van der Waals surface area contributed by atoms with E-state index in [0.29, 0.717) is 13.2 Å². The lowest BCUT2D eigenvalue weighted by molar-refractivity contribution is -0.132. The van der Waals surface area contributed by atoms with Crippen LogP contribution in [-0.4, -0.2) is 54.9 Å². The van der Waals surface area contributed by atoms with Crippen molar-refractivity contribution in [2.75, 3.05) is 34.4 Å². The lowest BCUT2D eigenvalue weighted by Gasteiger charge is -2.23. The van der Waals surface area contributed by atoms with Gasteiger partial charge in [-0.2, -0.15) is 5.10 Å². The summed E-state index contributed by atoms with van der Waals surface area (Å²) in [7, 11) is 6.97. The number of hydrogen-bond acceptors (Lipinski definition) is 5. The van der Waals surface area contributed by atoms with Crippen LogP contribution in [0.4, 0.5) is 0 Å². The zero-order valence-electron chi connectivity index (χ0n) is 14.5. The summed E-state index contributed by atoms with van der Waals surface area (Å²) < 4.78 is 12.4. The van der Waals surface area contributed by atoms with Gasteiger partial charge in [-0.15, -0.1) is 0 Å². The van der Waals surface area contributed by atoms with Gasteiger partial charge in [0.15, 0.2) is 0 Å². The van der Waals surface area contributed by atoms with Crippen molar-refractivity contribution in [3.8, 4) is 11.5 Å². The van der Waals surface area contributed by atoms with Gasteiger partial charge in [0.2, 0.25) is 5.91 Å². The Morgan fingerprint density at radius 3 is 2.54 bits per heavy atom. The number of likely N-dealkylation sites (N-methyl/N-ethyl adjacent to an activating group) is 2. The highest BCUT2D eigenvalue weighted by atomic mass is 16.5. The van der Waals surface area contributed by atoms with E-state index in [1.54, 1.807) is 37.0 Å². The molecule has 0 aliphatic rings. The second-order valence-corrected chi connectivity index (χ2v) is 5.45. The smallest absolute Gasteiger partial charge is 0.244 e. The molecule has 0 bridgehead atoms. The number of nitrogens with one attached hydrogen (secondary N) is 1. The number of rotatable bonds is 8. The maximum Gasteiger partial charge on any atom is 0.244 e. The normalized spacial score (nSPS) is 11.8. The van der Waals surface area contributed by atoms with E-state index in [2.05, 4.69) is 10.4 Å². The first-order chi connectivity index (χ1) is 11.5. The quantitative estimate of drug-likeness (QED) is 0.787. The predicted octanol–water partition coefficient (Wildman–Crippen LogP) is 1.23. The molecular weight excluding hydrogens is 308 g/mol. The Labute approximate surface area is 142 Å². The first kappa shape index (κ1) is 17.8. The molecule has 0 aliphatic heterocycles. The number of benzene rings is 1. The Bertz CT molecular complexity index is 654. The maximum atomic E-state index is 12.6. The summed E-state index contributed by atoms with van der Waals surface area (Å²) in [6.45, 7) is 0.904. The van der Waals surface area contributed by atoms with Gasteiger partial charge < -0.3 is 19.7 Å². The first-order valence-corrected chi connectivity index (χ1v) is 7.72. The van der Waals surface area contributed by atoms with Crippen molar-refractivity contribution in [2.24, 2.45) is 7.05 Å². The van der Waals surface area contributed by atoms with Gasteiger partial charge in [0.1, 0.15) is 24.1 Å².